The lowest BCUT2D eigenvalue weighted by molar-refractivity contribution is 0.921. The molecule has 6 heteroatoms. The van der Waals surface area contributed by atoms with Gasteiger partial charge in [0.1, 0.15) is 5.82 Å². The maximum atomic E-state index is 4.45. The number of nitrogens with one attached hydrogen (secondary N) is 1. The third-order valence-electron chi connectivity index (χ3n) is 2.82. The van der Waals surface area contributed by atoms with Crippen molar-refractivity contribution in [1.29, 1.82) is 0 Å². The van der Waals surface area contributed by atoms with E-state index in [1.807, 2.05) is 38.2 Å². The summed E-state index contributed by atoms with van der Waals surface area (Å²) < 4.78 is 1.77. The number of rotatable bonds is 3. The van der Waals surface area contributed by atoms with Crippen molar-refractivity contribution < 1.29 is 0 Å². The Balaban J connectivity index is 1.80. The molecule has 0 bridgehead atoms. The van der Waals surface area contributed by atoms with E-state index in [2.05, 4.69) is 25.4 Å². The molecule has 3 rings (SSSR count). The number of fused-ring (bicyclic) bond motifs is 1. The Morgan fingerprint density at radius 1 is 1.21 bits per heavy atom. The van der Waals surface area contributed by atoms with E-state index in [0.29, 0.717) is 12.5 Å². The second-order valence-corrected chi connectivity index (χ2v) is 4.34. The predicted molar refractivity (Wildman–Crippen MR) is 71.8 cm³/mol. The van der Waals surface area contributed by atoms with Crippen LogP contribution in [0, 0.1) is 13.8 Å². The van der Waals surface area contributed by atoms with Crippen molar-refractivity contribution in [3.8, 4) is 0 Å². The average Bonchev–Trinajstić information content (AvgIpc) is 2.81. The first kappa shape index (κ1) is 11.6. The minimum atomic E-state index is 0.583. The summed E-state index contributed by atoms with van der Waals surface area (Å²) in [6.45, 7) is 4.47. The van der Waals surface area contributed by atoms with Gasteiger partial charge in [-0.2, -0.15) is 4.98 Å². The smallest absolute Gasteiger partial charge is 0.243 e. The summed E-state index contributed by atoms with van der Waals surface area (Å²) in [7, 11) is 0. The molecule has 0 atom stereocenters. The van der Waals surface area contributed by atoms with Crippen LogP contribution < -0.4 is 5.32 Å². The van der Waals surface area contributed by atoms with Crippen LogP contribution in [0.2, 0.25) is 0 Å². The molecular formula is C13H14N6. The second kappa shape index (κ2) is 4.64. The van der Waals surface area contributed by atoms with E-state index >= 15 is 0 Å². The highest BCUT2D eigenvalue weighted by Crippen LogP contribution is 2.10. The third kappa shape index (κ3) is 2.37. The summed E-state index contributed by atoms with van der Waals surface area (Å²) in [5.41, 5.74) is 2.88. The molecule has 96 valence electrons. The zero-order valence-electron chi connectivity index (χ0n) is 10.8. The van der Waals surface area contributed by atoms with Crippen LogP contribution in [-0.2, 0) is 6.54 Å². The molecule has 3 heterocycles. The van der Waals surface area contributed by atoms with Gasteiger partial charge in [-0.15, -0.1) is 5.10 Å². The highest BCUT2D eigenvalue weighted by molar-refractivity contribution is 5.49. The van der Waals surface area contributed by atoms with Gasteiger partial charge < -0.3 is 5.32 Å². The minimum Gasteiger partial charge on any atom is -0.347 e. The maximum absolute atomic E-state index is 4.45. The van der Waals surface area contributed by atoms with Gasteiger partial charge in [-0.25, -0.2) is 14.5 Å². The number of anilines is 1. The molecule has 0 aliphatic heterocycles. The molecule has 1 N–H and O–H groups in total. The Kier molecular flexibility index (Phi) is 2.83. The Bertz CT molecular complexity index is 718. The first-order valence-corrected chi connectivity index (χ1v) is 6.07. The Hall–Kier alpha value is -2.50. The predicted octanol–water partition coefficient (Wildman–Crippen LogP) is 1.75. The lowest BCUT2D eigenvalue weighted by Gasteiger charge is -2.01. The third-order valence-corrected chi connectivity index (χ3v) is 2.82. The molecule has 6 nitrogen and oxygen atoms in total. The fourth-order valence-electron chi connectivity index (χ4n) is 1.89. The Morgan fingerprint density at radius 3 is 2.89 bits per heavy atom. The topological polar surface area (TPSA) is 68.0 Å². The Morgan fingerprint density at radius 2 is 2.11 bits per heavy atom. The van der Waals surface area contributed by atoms with Crippen LogP contribution in [0.5, 0.6) is 0 Å². The molecule has 0 spiro atoms. The summed E-state index contributed by atoms with van der Waals surface area (Å²) in [6, 6.07) is 5.84. The summed E-state index contributed by atoms with van der Waals surface area (Å²) in [4.78, 5) is 12.8. The fourth-order valence-corrected chi connectivity index (χ4v) is 1.89. The van der Waals surface area contributed by atoms with E-state index in [9.17, 15) is 0 Å². The van der Waals surface area contributed by atoms with Gasteiger partial charge in [0.2, 0.25) is 5.95 Å². The van der Waals surface area contributed by atoms with Crippen LogP contribution >= 0.6 is 0 Å². The highest BCUT2D eigenvalue weighted by atomic mass is 15.3. The fraction of sp³-hybridized carbons (Fsp3) is 0.231. The van der Waals surface area contributed by atoms with Gasteiger partial charge in [0, 0.05) is 12.4 Å². The van der Waals surface area contributed by atoms with E-state index in [4.69, 9.17) is 0 Å². The highest BCUT2D eigenvalue weighted by Gasteiger charge is 2.05. The van der Waals surface area contributed by atoms with Gasteiger partial charge in [-0.1, -0.05) is 6.07 Å². The van der Waals surface area contributed by atoms with Crippen molar-refractivity contribution >= 4 is 11.6 Å². The minimum absolute atomic E-state index is 0.583. The van der Waals surface area contributed by atoms with Crippen LogP contribution in [0.3, 0.4) is 0 Å². The van der Waals surface area contributed by atoms with Gasteiger partial charge in [0.05, 0.1) is 12.2 Å². The second-order valence-electron chi connectivity index (χ2n) is 4.34. The number of aryl methyl sites for hydroxylation is 2. The number of hydrogen-bond acceptors (Lipinski definition) is 5. The van der Waals surface area contributed by atoms with E-state index in [1.54, 1.807) is 10.7 Å². The van der Waals surface area contributed by atoms with Crippen molar-refractivity contribution in [2.45, 2.75) is 20.4 Å². The number of aromatic nitrogens is 5. The largest absolute Gasteiger partial charge is 0.347 e. The summed E-state index contributed by atoms with van der Waals surface area (Å²) in [5.74, 6) is 1.36. The average molecular weight is 254 g/mol. The molecule has 0 saturated heterocycles. The van der Waals surface area contributed by atoms with Gasteiger partial charge in [0.25, 0.3) is 0 Å². The van der Waals surface area contributed by atoms with E-state index in [1.165, 1.54) is 0 Å². The lowest BCUT2D eigenvalue weighted by atomic mass is 10.3. The maximum Gasteiger partial charge on any atom is 0.243 e. The Labute approximate surface area is 110 Å². The molecule has 0 amide bonds. The lowest BCUT2D eigenvalue weighted by Crippen LogP contribution is -2.04. The van der Waals surface area contributed by atoms with Gasteiger partial charge >= 0.3 is 0 Å². The molecule has 3 aromatic rings. The van der Waals surface area contributed by atoms with Crippen molar-refractivity contribution in [2.75, 3.05) is 5.32 Å². The van der Waals surface area contributed by atoms with Crippen molar-refractivity contribution in [1.82, 2.24) is 24.6 Å². The first-order valence-electron chi connectivity index (χ1n) is 6.07. The zero-order chi connectivity index (χ0) is 13.2. The zero-order valence-corrected chi connectivity index (χ0v) is 10.8. The summed E-state index contributed by atoms with van der Waals surface area (Å²) in [6.07, 6.45) is 3.63. The van der Waals surface area contributed by atoms with Gasteiger partial charge in [0.15, 0.2) is 5.65 Å². The SMILES string of the molecule is Cc1nccc(CNc2nc3c(C)cccn3n2)n1. The van der Waals surface area contributed by atoms with E-state index in [0.717, 1.165) is 22.7 Å². The number of hydrogen-bond donors (Lipinski definition) is 1. The molecular weight excluding hydrogens is 240 g/mol. The molecule has 3 aromatic heterocycles. The number of nitrogens with zero attached hydrogens (tertiary/aromatic N) is 5. The molecule has 19 heavy (non-hydrogen) atoms. The molecule has 0 aliphatic carbocycles. The van der Waals surface area contributed by atoms with Gasteiger partial charge in [-0.3, -0.25) is 0 Å². The van der Waals surface area contributed by atoms with Crippen molar-refractivity contribution in [2.24, 2.45) is 0 Å². The molecule has 0 saturated carbocycles. The van der Waals surface area contributed by atoms with E-state index < -0.39 is 0 Å². The normalized spacial score (nSPS) is 10.8. The van der Waals surface area contributed by atoms with Crippen molar-refractivity contribution in [3.63, 3.8) is 0 Å². The molecule has 0 unspecified atom stereocenters. The molecule has 0 aromatic carbocycles. The molecule has 0 fully saturated rings. The van der Waals surface area contributed by atoms with Crippen LogP contribution in [-0.4, -0.2) is 24.6 Å². The summed E-state index contributed by atoms with van der Waals surface area (Å²) >= 11 is 0. The quantitative estimate of drug-likeness (QED) is 0.771. The standard InChI is InChI=1S/C13H14N6/c1-9-4-3-7-19-12(9)17-13(18-19)15-8-11-5-6-14-10(2)16-11/h3-7H,8H2,1-2H3,(H,15,18). The van der Waals surface area contributed by atoms with Crippen LogP contribution in [0.15, 0.2) is 30.6 Å². The summed E-state index contributed by atoms with van der Waals surface area (Å²) in [5, 5.41) is 7.53. The van der Waals surface area contributed by atoms with Crippen LogP contribution in [0.4, 0.5) is 5.95 Å². The van der Waals surface area contributed by atoms with Crippen molar-refractivity contribution in [3.05, 3.63) is 47.7 Å². The van der Waals surface area contributed by atoms with Crippen LogP contribution in [0.1, 0.15) is 17.1 Å². The molecule has 0 aliphatic rings. The van der Waals surface area contributed by atoms with Crippen LogP contribution in [0.25, 0.3) is 5.65 Å². The number of pyridine rings is 1. The van der Waals surface area contributed by atoms with E-state index in [-0.39, 0.29) is 0 Å². The first-order chi connectivity index (χ1) is 9.22. The van der Waals surface area contributed by atoms with Gasteiger partial charge in [-0.05, 0) is 31.5 Å². The monoisotopic (exact) mass is 254 g/mol. The molecule has 0 radical (unpaired) electrons.